The summed E-state index contributed by atoms with van der Waals surface area (Å²) in [5.41, 5.74) is 3.04. The molecular formula is C24H15Br2NO4. The Bertz CT molecular complexity index is 1230. The fraction of sp³-hybridized carbons (Fsp3) is 0.0417. The highest BCUT2D eigenvalue weighted by molar-refractivity contribution is 9.11. The summed E-state index contributed by atoms with van der Waals surface area (Å²) in [4.78, 5) is 29.0. The van der Waals surface area contributed by atoms with Gasteiger partial charge in [0, 0.05) is 5.56 Å². The van der Waals surface area contributed by atoms with Gasteiger partial charge in [-0.05, 0) is 86.3 Å². The number of cyclic esters (lactones) is 1. The third kappa shape index (κ3) is 4.68. The number of ether oxygens (including phenoxy) is 2. The summed E-state index contributed by atoms with van der Waals surface area (Å²) in [6.45, 7) is 1.93. The van der Waals surface area contributed by atoms with Crippen molar-refractivity contribution in [3.05, 3.63) is 104 Å². The molecule has 0 saturated heterocycles. The van der Waals surface area contributed by atoms with E-state index in [1.807, 2.05) is 37.3 Å². The molecule has 0 amide bonds. The van der Waals surface area contributed by atoms with Gasteiger partial charge in [0.2, 0.25) is 5.90 Å². The maximum absolute atomic E-state index is 12.4. The molecule has 0 fully saturated rings. The number of aryl methyl sites for hydroxylation is 1. The van der Waals surface area contributed by atoms with Gasteiger partial charge >= 0.3 is 11.9 Å². The molecule has 0 N–H and O–H groups in total. The molecule has 0 atom stereocenters. The van der Waals surface area contributed by atoms with Gasteiger partial charge in [0.15, 0.2) is 11.4 Å². The molecule has 1 aliphatic rings. The second kappa shape index (κ2) is 8.99. The zero-order valence-electron chi connectivity index (χ0n) is 16.3. The molecule has 7 heteroatoms. The molecule has 1 heterocycles. The third-order valence-corrected chi connectivity index (χ3v) is 5.70. The molecule has 1 aliphatic heterocycles. The van der Waals surface area contributed by atoms with Gasteiger partial charge in [-0.3, -0.25) is 0 Å². The van der Waals surface area contributed by atoms with E-state index in [1.54, 1.807) is 42.5 Å². The summed E-state index contributed by atoms with van der Waals surface area (Å²) >= 11 is 6.87. The first-order chi connectivity index (χ1) is 14.9. The number of aliphatic imine (C=N–C) groups is 1. The van der Waals surface area contributed by atoms with E-state index < -0.39 is 11.9 Å². The summed E-state index contributed by atoms with van der Waals surface area (Å²) in [5, 5.41) is 0. The van der Waals surface area contributed by atoms with Gasteiger partial charge in [-0.2, -0.15) is 0 Å². The minimum Gasteiger partial charge on any atom is -0.421 e. The predicted octanol–water partition coefficient (Wildman–Crippen LogP) is 6.08. The van der Waals surface area contributed by atoms with E-state index in [2.05, 4.69) is 36.9 Å². The van der Waals surface area contributed by atoms with Crippen LogP contribution in [-0.4, -0.2) is 17.8 Å². The van der Waals surface area contributed by atoms with Crippen LogP contribution in [0.25, 0.3) is 6.08 Å². The lowest BCUT2D eigenvalue weighted by atomic mass is 10.1. The lowest BCUT2D eigenvalue weighted by molar-refractivity contribution is -0.129. The van der Waals surface area contributed by atoms with E-state index in [0.717, 1.165) is 11.1 Å². The third-order valence-electron chi connectivity index (χ3n) is 4.52. The predicted molar refractivity (Wildman–Crippen MR) is 125 cm³/mol. The first kappa shape index (κ1) is 21.2. The molecule has 154 valence electrons. The molecule has 0 aliphatic carbocycles. The summed E-state index contributed by atoms with van der Waals surface area (Å²) < 4.78 is 12.0. The number of carbonyl (C=O) groups excluding carboxylic acids is 2. The number of nitrogens with zero attached hydrogens (tertiary/aromatic N) is 1. The van der Waals surface area contributed by atoms with Crippen LogP contribution in [0.15, 0.2) is 86.4 Å². The highest BCUT2D eigenvalue weighted by atomic mass is 79.9. The van der Waals surface area contributed by atoms with Crippen molar-refractivity contribution in [2.45, 2.75) is 6.92 Å². The normalized spacial score (nSPS) is 14.4. The average molecular weight is 541 g/mol. The van der Waals surface area contributed by atoms with Crippen LogP contribution in [0.5, 0.6) is 5.75 Å². The van der Waals surface area contributed by atoms with Crippen molar-refractivity contribution in [1.82, 2.24) is 0 Å². The van der Waals surface area contributed by atoms with Crippen LogP contribution >= 0.6 is 31.9 Å². The minimum atomic E-state index is -0.523. The molecule has 3 aromatic rings. The van der Waals surface area contributed by atoms with Crippen LogP contribution < -0.4 is 4.74 Å². The van der Waals surface area contributed by atoms with Crippen molar-refractivity contribution in [1.29, 1.82) is 0 Å². The van der Waals surface area contributed by atoms with Crippen LogP contribution in [0, 0.1) is 6.92 Å². The van der Waals surface area contributed by atoms with Crippen molar-refractivity contribution in [3.8, 4) is 5.75 Å². The quantitative estimate of drug-likeness (QED) is 0.228. The Hall–Kier alpha value is -3.03. The zero-order chi connectivity index (χ0) is 22.0. The van der Waals surface area contributed by atoms with Crippen molar-refractivity contribution < 1.29 is 19.1 Å². The number of esters is 2. The average Bonchev–Trinajstić information content (AvgIpc) is 3.11. The van der Waals surface area contributed by atoms with Gasteiger partial charge in [-0.1, -0.05) is 36.4 Å². The smallest absolute Gasteiger partial charge is 0.363 e. The minimum absolute atomic E-state index is 0.186. The van der Waals surface area contributed by atoms with E-state index in [4.69, 9.17) is 9.47 Å². The Morgan fingerprint density at radius 1 is 1.00 bits per heavy atom. The van der Waals surface area contributed by atoms with Crippen LogP contribution in [0.4, 0.5) is 0 Å². The summed E-state index contributed by atoms with van der Waals surface area (Å²) in [6, 6.07) is 19.7. The van der Waals surface area contributed by atoms with Gasteiger partial charge in [0.25, 0.3) is 0 Å². The topological polar surface area (TPSA) is 65.0 Å². The lowest BCUT2D eigenvalue weighted by Gasteiger charge is -2.10. The molecule has 3 aromatic carbocycles. The van der Waals surface area contributed by atoms with E-state index in [-0.39, 0.29) is 11.6 Å². The first-order valence-corrected chi connectivity index (χ1v) is 10.9. The first-order valence-electron chi connectivity index (χ1n) is 9.27. The maximum atomic E-state index is 12.4. The molecule has 4 rings (SSSR count). The Morgan fingerprint density at radius 3 is 2.32 bits per heavy atom. The Balaban J connectivity index is 1.61. The van der Waals surface area contributed by atoms with Gasteiger partial charge in [-0.15, -0.1) is 0 Å². The molecule has 0 spiro atoms. The molecular weight excluding hydrogens is 526 g/mol. The number of rotatable bonds is 4. The number of hydrogen-bond acceptors (Lipinski definition) is 5. The molecule has 0 saturated carbocycles. The van der Waals surface area contributed by atoms with Gasteiger partial charge in [0.1, 0.15) is 0 Å². The highest BCUT2D eigenvalue weighted by Gasteiger charge is 2.25. The fourth-order valence-electron chi connectivity index (χ4n) is 2.98. The Kier molecular flexibility index (Phi) is 6.15. The summed E-state index contributed by atoms with van der Waals surface area (Å²) in [5.74, 6) is -0.375. The Labute approximate surface area is 195 Å². The van der Waals surface area contributed by atoms with Crippen molar-refractivity contribution in [2.24, 2.45) is 4.99 Å². The molecule has 5 nitrogen and oxygen atoms in total. The SMILES string of the molecule is Cc1ccccc1C1=N/C(=C\c2cc(Br)c(OC(=O)c3ccccc3)c(Br)c2)C(=O)O1. The number of halogens is 2. The van der Waals surface area contributed by atoms with Gasteiger partial charge < -0.3 is 9.47 Å². The summed E-state index contributed by atoms with van der Waals surface area (Å²) in [7, 11) is 0. The fourth-order valence-corrected chi connectivity index (χ4v) is 4.37. The van der Waals surface area contributed by atoms with E-state index in [1.165, 1.54) is 0 Å². The standard InChI is InChI=1S/C24H15Br2NO4/c1-14-7-5-6-10-17(14)22-27-20(24(29)31-22)13-15-11-18(25)21(19(26)12-15)30-23(28)16-8-3-2-4-9-16/h2-13H,1H3/b20-13-. The molecule has 0 bridgehead atoms. The van der Waals surface area contributed by atoms with Crippen LogP contribution in [0.2, 0.25) is 0 Å². The second-order valence-electron chi connectivity index (χ2n) is 6.72. The Morgan fingerprint density at radius 2 is 1.65 bits per heavy atom. The van der Waals surface area contributed by atoms with E-state index in [0.29, 0.717) is 25.8 Å². The maximum Gasteiger partial charge on any atom is 0.363 e. The number of hydrogen-bond donors (Lipinski definition) is 0. The highest BCUT2D eigenvalue weighted by Crippen LogP contribution is 2.36. The van der Waals surface area contributed by atoms with Crippen molar-refractivity contribution >= 4 is 55.8 Å². The van der Waals surface area contributed by atoms with E-state index >= 15 is 0 Å². The van der Waals surface area contributed by atoms with Crippen LogP contribution in [-0.2, 0) is 9.53 Å². The van der Waals surface area contributed by atoms with Crippen LogP contribution in [0.3, 0.4) is 0 Å². The largest absolute Gasteiger partial charge is 0.421 e. The van der Waals surface area contributed by atoms with E-state index in [9.17, 15) is 9.59 Å². The van der Waals surface area contributed by atoms with Gasteiger partial charge in [-0.25, -0.2) is 14.6 Å². The van der Waals surface area contributed by atoms with Gasteiger partial charge in [0.05, 0.1) is 14.5 Å². The zero-order valence-corrected chi connectivity index (χ0v) is 19.4. The molecule has 0 aromatic heterocycles. The summed E-state index contributed by atoms with van der Waals surface area (Å²) in [6.07, 6.45) is 1.62. The molecule has 0 unspecified atom stereocenters. The lowest BCUT2D eigenvalue weighted by Crippen LogP contribution is -2.09. The monoisotopic (exact) mass is 539 g/mol. The van der Waals surface area contributed by atoms with Crippen molar-refractivity contribution in [2.75, 3.05) is 0 Å². The van der Waals surface area contributed by atoms with Crippen LogP contribution in [0.1, 0.15) is 27.0 Å². The number of benzene rings is 3. The van der Waals surface area contributed by atoms with Crippen molar-refractivity contribution in [3.63, 3.8) is 0 Å². The number of carbonyl (C=O) groups is 2. The molecule has 31 heavy (non-hydrogen) atoms. The molecule has 0 radical (unpaired) electrons. The second-order valence-corrected chi connectivity index (χ2v) is 8.43.